The Hall–Kier alpha value is -3.38. The number of alkyl halides is 3. The Kier molecular flexibility index (Phi) is 8.88. The zero-order valence-electron chi connectivity index (χ0n) is 20.9. The zero-order valence-corrected chi connectivity index (χ0v) is 21.7. The number of benzene rings is 1. The first-order valence-corrected chi connectivity index (χ1v) is 12.0. The minimum Gasteiger partial charge on any atom is -0.481 e. The van der Waals surface area contributed by atoms with Crippen LogP contribution in [0, 0.1) is 5.41 Å². The van der Waals surface area contributed by atoms with Gasteiger partial charge in [-0.1, -0.05) is 29.8 Å². The molecule has 1 aromatic heterocycles. The van der Waals surface area contributed by atoms with Crippen molar-refractivity contribution in [3.05, 3.63) is 47.1 Å². The molecule has 0 radical (unpaired) electrons. The summed E-state index contributed by atoms with van der Waals surface area (Å²) in [6.07, 6.45) is -1.66. The van der Waals surface area contributed by atoms with Crippen molar-refractivity contribution in [3.8, 4) is 17.0 Å². The van der Waals surface area contributed by atoms with Crippen molar-refractivity contribution in [1.82, 2.24) is 15.2 Å². The maximum atomic E-state index is 13.2. The molecule has 2 saturated heterocycles. The number of amides is 1. The molecule has 2 fully saturated rings. The monoisotopic (exact) mass is 556 g/mol. The van der Waals surface area contributed by atoms with Gasteiger partial charge in [0.1, 0.15) is 0 Å². The number of halogens is 4. The van der Waals surface area contributed by atoms with Gasteiger partial charge in [0.2, 0.25) is 11.8 Å². The second kappa shape index (κ2) is 11.6. The standard InChI is InChI=1S/C23H27ClN4O3.C2HF3O2/c1-14-11-16(8-10-31-14)28-20(29)13-23(2,27-22(28)25)18-6-4-5-17(21(18)24)15-7-9-26-19(12-15)30-3;3-2(4,5)1(6)7/h4-7,9,12,14,16H,8,10-11,13H2,1-3H3,(H2,25,27);(H,6,7)/t14-,16-,23-;/m0./s1. The van der Waals surface area contributed by atoms with Gasteiger partial charge < -0.3 is 19.9 Å². The maximum Gasteiger partial charge on any atom is 0.490 e. The van der Waals surface area contributed by atoms with Crippen LogP contribution >= 0.6 is 11.6 Å². The topological polar surface area (TPSA) is 125 Å². The molecule has 9 nitrogen and oxygen atoms in total. The van der Waals surface area contributed by atoms with Gasteiger partial charge in [-0.15, -0.1) is 0 Å². The number of carboxylic acids is 1. The van der Waals surface area contributed by atoms with E-state index in [1.807, 2.05) is 44.2 Å². The molecule has 3 heterocycles. The van der Waals surface area contributed by atoms with Gasteiger partial charge in [0.15, 0.2) is 5.96 Å². The van der Waals surface area contributed by atoms with E-state index in [-0.39, 0.29) is 30.4 Å². The Morgan fingerprint density at radius 2 is 2.05 bits per heavy atom. The van der Waals surface area contributed by atoms with Crippen LogP contribution in [0.15, 0.2) is 36.5 Å². The smallest absolute Gasteiger partial charge is 0.481 e. The minimum absolute atomic E-state index is 0.0214. The number of rotatable bonds is 4. The summed E-state index contributed by atoms with van der Waals surface area (Å²) in [5.41, 5.74) is 1.69. The van der Waals surface area contributed by atoms with Crippen LogP contribution in [0.3, 0.4) is 0 Å². The number of carbonyl (C=O) groups is 2. The van der Waals surface area contributed by atoms with Gasteiger partial charge in [0.05, 0.1) is 30.2 Å². The first kappa shape index (κ1) is 29.2. The average molecular weight is 557 g/mol. The van der Waals surface area contributed by atoms with Crippen molar-refractivity contribution < 1.29 is 37.3 Å². The molecule has 2 aliphatic rings. The van der Waals surface area contributed by atoms with Crippen molar-refractivity contribution in [2.24, 2.45) is 0 Å². The van der Waals surface area contributed by atoms with Gasteiger partial charge >= 0.3 is 12.1 Å². The molecule has 0 saturated carbocycles. The van der Waals surface area contributed by atoms with Crippen LogP contribution in [0.2, 0.25) is 5.02 Å². The number of carboxylic acid groups (broad SMARTS) is 1. The van der Waals surface area contributed by atoms with Gasteiger partial charge in [0.25, 0.3) is 0 Å². The van der Waals surface area contributed by atoms with E-state index in [0.717, 1.165) is 29.5 Å². The van der Waals surface area contributed by atoms with Crippen LogP contribution in [0.5, 0.6) is 5.88 Å². The lowest BCUT2D eigenvalue weighted by molar-refractivity contribution is -0.192. The van der Waals surface area contributed by atoms with E-state index in [1.54, 1.807) is 18.2 Å². The fraction of sp³-hybridized carbons (Fsp3) is 0.440. The molecule has 0 bridgehead atoms. The molecule has 1 amide bonds. The van der Waals surface area contributed by atoms with Crippen LogP contribution in [-0.4, -0.2) is 64.9 Å². The van der Waals surface area contributed by atoms with Gasteiger partial charge in [0, 0.05) is 30.5 Å². The SMILES string of the molecule is COc1cc(-c2cccc([C@]3(C)CC(=O)N([C@H]4CCO[C@@H](C)C4)C(=N)N3)c2Cl)ccn1.O=C(O)C(F)(F)F. The Labute approximate surface area is 222 Å². The molecule has 4 rings (SSSR count). The number of ether oxygens (including phenoxy) is 2. The molecular formula is C25H28ClF3N4O5. The summed E-state index contributed by atoms with van der Waals surface area (Å²) < 4.78 is 42.6. The van der Waals surface area contributed by atoms with E-state index in [0.29, 0.717) is 17.5 Å². The highest BCUT2D eigenvalue weighted by Crippen LogP contribution is 2.40. The molecule has 13 heteroatoms. The summed E-state index contributed by atoms with van der Waals surface area (Å²) in [6.45, 7) is 4.52. The van der Waals surface area contributed by atoms with Crippen molar-refractivity contribution in [2.75, 3.05) is 13.7 Å². The predicted molar refractivity (Wildman–Crippen MR) is 133 cm³/mol. The highest BCUT2D eigenvalue weighted by Gasteiger charge is 2.44. The van der Waals surface area contributed by atoms with Crippen molar-refractivity contribution in [2.45, 2.75) is 57.0 Å². The molecule has 0 spiro atoms. The van der Waals surface area contributed by atoms with E-state index in [9.17, 15) is 18.0 Å². The lowest BCUT2D eigenvalue weighted by Crippen LogP contribution is -2.63. The Morgan fingerprint density at radius 1 is 1.37 bits per heavy atom. The maximum absolute atomic E-state index is 13.2. The number of pyridine rings is 1. The normalized spacial score (nSPS) is 23.7. The lowest BCUT2D eigenvalue weighted by atomic mass is 9.84. The van der Waals surface area contributed by atoms with Crippen LogP contribution < -0.4 is 10.1 Å². The van der Waals surface area contributed by atoms with Gasteiger partial charge in [-0.25, -0.2) is 9.78 Å². The van der Waals surface area contributed by atoms with Crippen LogP contribution in [0.1, 0.15) is 38.7 Å². The quantitative estimate of drug-likeness (QED) is 0.503. The third-order valence-electron chi connectivity index (χ3n) is 6.32. The Morgan fingerprint density at radius 3 is 2.63 bits per heavy atom. The van der Waals surface area contributed by atoms with Crippen molar-refractivity contribution >= 4 is 29.4 Å². The van der Waals surface area contributed by atoms with Crippen molar-refractivity contribution in [3.63, 3.8) is 0 Å². The van der Waals surface area contributed by atoms with Crippen molar-refractivity contribution in [1.29, 1.82) is 5.41 Å². The van der Waals surface area contributed by atoms with Crippen LogP contribution in [0.4, 0.5) is 13.2 Å². The molecule has 206 valence electrons. The molecule has 2 aromatic rings. The first-order chi connectivity index (χ1) is 17.8. The summed E-state index contributed by atoms with van der Waals surface area (Å²) in [7, 11) is 1.57. The number of aliphatic carboxylic acids is 1. The van der Waals surface area contributed by atoms with Gasteiger partial charge in [-0.2, -0.15) is 13.2 Å². The number of nitrogens with one attached hydrogen (secondary N) is 2. The van der Waals surface area contributed by atoms with Crippen LogP contribution in [-0.2, 0) is 19.9 Å². The predicted octanol–water partition coefficient (Wildman–Crippen LogP) is 4.58. The van der Waals surface area contributed by atoms with Crippen LogP contribution in [0.25, 0.3) is 11.1 Å². The van der Waals surface area contributed by atoms with E-state index in [1.165, 1.54) is 0 Å². The summed E-state index contributed by atoms with van der Waals surface area (Å²) in [5, 5.41) is 19.5. The summed E-state index contributed by atoms with van der Waals surface area (Å²) >= 11 is 6.85. The number of aromatic nitrogens is 1. The highest BCUT2D eigenvalue weighted by molar-refractivity contribution is 6.34. The van der Waals surface area contributed by atoms with E-state index in [4.69, 9.17) is 36.4 Å². The number of methoxy groups -OCH3 is 1. The fourth-order valence-electron chi connectivity index (χ4n) is 4.51. The molecule has 2 aliphatic heterocycles. The van der Waals surface area contributed by atoms with Gasteiger partial charge in [-0.3, -0.25) is 15.1 Å². The number of hydrogen-bond donors (Lipinski definition) is 3. The number of guanidine groups is 1. The highest BCUT2D eigenvalue weighted by atomic mass is 35.5. The summed E-state index contributed by atoms with van der Waals surface area (Å²) in [6, 6.07) is 9.41. The molecule has 0 unspecified atom stereocenters. The number of carbonyl (C=O) groups excluding carboxylic acids is 1. The third-order valence-corrected chi connectivity index (χ3v) is 6.73. The average Bonchev–Trinajstić information content (AvgIpc) is 2.83. The molecule has 1 aromatic carbocycles. The van der Waals surface area contributed by atoms with E-state index < -0.39 is 17.7 Å². The number of hydrogen-bond acceptors (Lipinski definition) is 6. The molecule has 0 aliphatic carbocycles. The summed E-state index contributed by atoms with van der Waals surface area (Å²) in [4.78, 5) is 27.8. The zero-order chi connectivity index (χ0) is 28.3. The summed E-state index contributed by atoms with van der Waals surface area (Å²) in [5.74, 6) is -2.21. The molecular weight excluding hydrogens is 529 g/mol. The second-order valence-corrected chi connectivity index (χ2v) is 9.54. The Bertz CT molecular complexity index is 1190. The lowest BCUT2D eigenvalue weighted by Gasteiger charge is -2.45. The third kappa shape index (κ3) is 6.54. The Balaban J connectivity index is 0.000000505. The minimum atomic E-state index is -5.08. The molecule has 3 N–H and O–H groups in total. The first-order valence-electron chi connectivity index (χ1n) is 11.7. The molecule has 38 heavy (non-hydrogen) atoms. The second-order valence-electron chi connectivity index (χ2n) is 9.16. The largest absolute Gasteiger partial charge is 0.490 e. The van der Waals surface area contributed by atoms with E-state index in [2.05, 4.69) is 10.3 Å². The molecule has 3 atom stereocenters. The number of nitrogens with zero attached hydrogens (tertiary/aromatic N) is 2. The van der Waals surface area contributed by atoms with E-state index >= 15 is 0 Å². The fourth-order valence-corrected chi connectivity index (χ4v) is 4.95. The van der Waals surface area contributed by atoms with Gasteiger partial charge in [-0.05, 0) is 43.9 Å².